The van der Waals surface area contributed by atoms with Crippen LogP contribution in [0.5, 0.6) is 0 Å². The van der Waals surface area contributed by atoms with E-state index < -0.39 is 0 Å². The molecule has 0 bridgehead atoms. The number of aromatic nitrogens is 1. The third-order valence-corrected chi connectivity index (χ3v) is 3.31. The molecular weight excluding hydrogens is 258 g/mol. The summed E-state index contributed by atoms with van der Waals surface area (Å²) in [4.78, 5) is 6.77. The van der Waals surface area contributed by atoms with Crippen molar-refractivity contribution in [1.29, 1.82) is 0 Å². The second-order valence-electron chi connectivity index (χ2n) is 6.47. The Morgan fingerprint density at radius 1 is 1.10 bits per heavy atom. The van der Waals surface area contributed by atoms with Crippen LogP contribution in [0.1, 0.15) is 32.0 Å². The summed E-state index contributed by atoms with van der Waals surface area (Å²) < 4.78 is 0. The molecule has 0 fully saturated rings. The molecular formula is C18H25N3. The summed E-state index contributed by atoms with van der Waals surface area (Å²) in [6.45, 7) is 9.43. The quantitative estimate of drug-likeness (QED) is 0.917. The van der Waals surface area contributed by atoms with Gasteiger partial charge in [-0.3, -0.25) is 0 Å². The Hall–Kier alpha value is -1.87. The molecule has 0 atom stereocenters. The maximum Gasteiger partial charge on any atom is 0.133 e. The first kappa shape index (κ1) is 15.5. The van der Waals surface area contributed by atoms with E-state index in [-0.39, 0.29) is 5.54 Å². The molecule has 3 heteroatoms. The molecule has 0 amide bonds. The molecule has 0 aliphatic rings. The second kappa shape index (κ2) is 6.27. The predicted molar refractivity (Wildman–Crippen MR) is 90.1 cm³/mol. The molecule has 1 aromatic heterocycles. The van der Waals surface area contributed by atoms with Gasteiger partial charge in [0.2, 0.25) is 0 Å². The summed E-state index contributed by atoms with van der Waals surface area (Å²) in [6, 6.07) is 14.6. The SMILES string of the molecule is Cc1cc(CNC(C)(C)C)cc(N(C)c2ccccc2)n1. The summed E-state index contributed by atoms with van der Waals surface area (Å²) in [7, 11) is 2.05. The lowest BCUT2D eigenvalue weighted by molar-refractivity contribution is 0.424. The van der Waals surface area contributed by atoms with E-state index in [4.69, 9.17) is 0 Å². The summed E-state index contributed by atoms with van der Waals surface area (Å²) >= 11 is 0. The number of aryl methyl sites for hydroxylation is 1. The Labute approximate surface area is 128 Å². The van der Waals surface area contributed by atoms with Crippen LogP contribution in [-0.4, -0.2) is 17.6 Å². The van der Waals surface area contributed by atoms with Crippen molar-refractivity contribution in [3.63, 3.8) is 0 Å². The van der Waals surface area contributed by atoms with E-state index in [1.165, 1.54) is 5.56 Å². The molecule has 0 spiro atoms. The summed E-state index contributed by atoms with van der Waals surface area (Å²) in [5, 5.41) is 3.52. The summed E-state index contributed by atoms with van der Waals surface area (Å²) in [5.41, 5.74) is 3.56. The highest BCUT2D eigenvalue weighted by Crippen LogP contribution is 2.22. The van der Waals surface area contributed by atoms with Crippen LogP contribution in [0.2, 0.25) is 0 Å². The molecule has 2 aromatic rings. The highest BCUT2D eigenvalue weighted by atomic mass is 15.2. The molecule has 2 rings (SSSR count). The van der Waals surface area contributed by atoms with Crippen molar-refractivity contribution in [2.45, 2.75) is 39.8 Å². The third kappa shape index (κ3) is 4.57. The fraction of sp³-hybridized carbons (Fsp3) is 0.389. The zero-order chi connectivity index (χ0) is 15.5. The van der Waals surface area contributed by atoms with Crippen molar-refractivity contribution in [3.8, 4) is 0 Å². The number of pyridine rings is 1. The Balaban J connectivity index is 2.22. The highest BCUT2D eigenvalue weighted by Gasteiger charge is 2.11. The van der Waals surface area contributed by atoms with Gasteiger partial charge in [0.25, 0.3) is 0 Å². The molecule has 0 unspecified atom stereocenters. The van der Waals surface area contributed by atoms with Crippen LogP contribution in [0.3, 0.4) is 0 Å². The topological polar surface area (TPSA) is 28.2 Å². The lowest BCUT2D eigenvalue weighted by Gasteiger charge is -2.22. The van der Waals surface area contributed by atoms with Crippen molar-refractivity contribution < 1.29 is 0 Å². The number of rotatable bonds is 4. The molecule has 0 saturated carbocycles. The highest BCUT2D eigenvalue weighted by molar-refractivity contribution is 5.59. The molecule has 1 N–H and O–H groups in total. The van der Waals surface area contributed by atoms with Gasteiger partial charge in [0.1, 0.15) is 5.82 Å². The minimum atomic E-state index is 0.114. The first-order chi connectivity index (χ1) is 9.85. The van der Waals surface area contributed by atoms with Gasteiger partial charge in [-0.05, 0) is 57.5 Å². The number of hydrogen-bond donors (Lipinski definition) is 1. The average molecular weight is 283 g/mol. The van der Waals surface area contributed by atoms with Crippen LogP contribution in [0.4, 0.5) is 11.5 Å². The maximum atomic E-state index is 4.65. The van der Waals surface area contributed by atoms with Gasteiger partial charge in [-0.25, -0.2) is 4.98 Å². The van der Waals surface area contributed by atoms with Gasteiger partial charge in [0.05, 0.1) is 0 Å². The fourth-order valence-corrected chi connectivity index (χ4v) is 2.15. The van der Waals surface area contributed by atoms with E-state index in [0.717, 1.165) is 23.7 Å². The van der Waals surface area contributed by atoms with Crippen LogP contribution in [-0.2, 0) is 6.54 Å². The Bertz CT molecular complexity index is 585. The number of nitrogens with zero attached hydrogens (tertiary/aromatic N) is 2. The van der Waals surface area contributed by atoms with E-state index in [1.807, 2.05) is 25.1 Å². The predicted octanol–water partition coefficient (Wildman–Crippen LogP) is 4.05. The van der Waals surface area contributed by atoms with Gasteiger partial charge in [0, 0.05) is 30.5 Å². The van der Waals surface area contributed by atoms with E-state index in [2.05, 4.69) is 67.3 Å². The first-order valence-corrected chi connectivity index (χ1v) is 7.36. The molecule has 112 valence electrons. The van der Waals surface area contributed by atoms with Gasteiger partial charge in [0.15, 0.2) is 0 Å². The van der Waals surface area contributed by atoms with E-state index in [9.17, 15) is 0 Å². The monoisotopic (exact) mass is 283 g/mol. The van der Waals surface area contributed by atoms with Crippen LogP contribution < -0.4 is 10.2 Å². The van der Waals surface area contributed by atoms with Crippen molar-refractivity contribution in [1.82, 2.24) is 10.3 Å². The normalized spacial score (nSPS) is 11.5. The molecule has 0 aliphatic heterocycles. The molecule has 0 aliphatic carbocycles. The number of hydrogen-bond acceptors (Lipinski definition) is 3. The Morgan fingerprint density at radius 3 is 2.38 bits per heavy atom. The Morgan fingerprint density at radius 2 is 1.76 bits per heavy atom. The summed E-state index contributed by atoms with van der Waals surface area (Å²) in [5.74, 6) is 0.979. The zero-order valence-electron chi connectivity index (χ0n) is 13.6. The van der Waals surface area contributed by atoms with Crippen molar-refractivity contribution >= 4 is 11.5 Å². The molecule has 1 heterocycles. The van der Waals surface area contributed by atoms with Crippen molar-refractivity contribution in [3.05, 3.63) is 53.7 Å². The smallest absolute Gasteiger partial charge is 0.133 e. The summed E-state index contributed by atoms with van der Waals surface area (Å²) in [6.07, 6.45) is 0. The maximum absolute atomic E-state index is 4.65. The first-order valence-electron chi connectivity index (χ1n) is 7.36. The van der Waals surface area contributed by atoms with Crippen LogP contribution in [0, 0.1) is 6.92 Å². The number of nitrogens with one attached hydrogen (secondary N) is 1. The fourth-order valence-electron chi connectivity index (χ4n) is 2.15. The lowest BCUT2D eigenvalue weighted by Crippen LogP contribution is -2.35. The van der Waals surface area contributed by atoms with Crippen LogP contribution in [0.25, 0.3) is 0 Å². The minimum Gasteiger partial charge on any atom is -0.329 e. The number of para-hydroxylation sites is 1. The zero-order valence-corrected chi connectivity index (χ0v) is 13.6. The van der Waals surface area contributed by atoms with Crippen molar-refractivity contribution in [2.24, 2.45) is 0 Å². The molecule has 3 nitrogen and oxygen atoms in total. The molecule has 21 heavy (non-hydrogen) atoms. The Kier molecular flexibility index (Phi) is 4.63. The minimum absolute atomic E-state index is 0.114. The van der Waals surface area contributed by atoms with Gasteiger partial charge in [-0.15, -0.1) is 0 Å². The number of benzene rings is 1. The molecule has 0 radical (unpaired) electrons. The van der Waals surface area contributed by atoms with E-state index in [0.29, 0.717) is 0 Å². The van der Waals surface area contributed by atoms with Crippen LogP contribution in [0.15, 0.2) is 42.5 Å². The van der Waals surface area contributed by atoms with Gasteiger partial charge in [-0.1, -0.05) is 18.2 Å². The second-order valence-corrected chi connectivity index (χ2v) is 6.47. The standard InChI is InChI=1S/C18H25N3/c1-14-11-15(13-19-18(2,3)4)12-17(20-14)21(5)16-9-7-6-8-10-16/h6-12,19H,13H2,1-5H3. The molecule has 0 saturated heterocycles. The number of anilines is 2. The van der Waals surface area contributed by atoms with Crippen molar-refractivity contribution in [2.75, 3.05) is 11.9 Å². The van der Waals surface area contributed by atoms with Crippen LogP contribution >= 0.6 is 0 Å². The largest absolute Gasteiger partial charge is 0.329 e. The van der Waals surface area contributed by atoms with E-state index >= 15 is 0 Å². The van der Waals surface area contributed by atoms with Gasteiger partial charge in [-0.2, -0.15) is 0 Å². The molecule has 1 aromatic carbocycles. The third-order valence-electron chi connectivity index (χ3n) is 3.31. The van der Waals surface area contributed by atoms with Gasteiger partial charge < -0.3 is 10.2 Å². The van der Waals surface area contributed by atoms with E-state index in [1.54, 1.807) is 0 Å². The van der Waals surface area contributed by atoms with Gasteiger partial charge >= 0.3 is 0 Å². The lowest BCUT2D eigenvalue weighted by atomic mass is 10.1. The average Bonchev–Trinajstić information content (AvgIpc) is 2.44.